The van der Waals surface area contributed by atoms with Crippen LogP contribution in [0.4, 0.5) is 0 Å². The first-order valence-electron chi connectivity index (χ1n) is 8.38. The predicted octanol–water partition coefficient (Wildman–Crippen LogP) is 1.34. The number of pyridine rings is 1. The van der Waals surface area contributed by atoms with Crippen molar-refractivity contribution in [2.45, 2.75) is 45.1 Å². The van der Waals surface area contributed by atoms with Crippen LogP contribution in [0.15, 0.2) is 23.1 Å². The van der Waals surface area contributed by atoms with E-state index in [1.54, 1.807) is 29.9 Å². The predicted molar refractivity (Wildman–Crippen MR) is 89.7 cm³/mol. The maximum atomic E-state index is 12.5. The van der Waals surface area contributed by atoms with Crippen LogP contribution in [0.5, 0.6) is 0 Å². The minimum Gasteiger partial charge on any atom is -0.349 e. The smallest absolute Gasteiger partial charge is 0.343 e. The van der Waals surface area contributed by atoms with Crippen molar-refractivity contribution in [2.24, 2.45) is 13.0 Å². The van der Waals surface area contributed by atoms with E-state index in [9.17, 15) is 9.59 Å². The van der Waals surface area contributed by atoms with E-state index in [1.807, 2.05) is 6.92 Å². The van der Waals surface area contributed by atoms with Gasteiger partial charge in [0, 0.05) is 37.0 Å². The number of aromatic nitrogens is 4. The van der Waals surface area contributed by atoms with Crippen LogP contribution in [0.1, 0.15) is 47.6 Å². The Hall–Kier alpha value is -2.44. The molecule has 128 valence electrons. The molecule has 1 amide bonds. The number of hydrogen-bond donors (Lipinski definition) is 2. The zero-order chi connectivity index (χ0) is 17.1. The van der Waals surface area contributed by atoms with Crippen molar-refractivity contribution in [3.8, 4) is 0 Å². The van der Waals surface area contributed by atoms with Crippen LogP contribution in [0.2, 0.25) is 0 Å². The van der Waals surface area contributed by atoms with Gasteiger partial charge < -0.3 is 5.32 Å². The minimum absolute atomic E-state index is 0.0617. The summed E-state index contributed by atoms with van der Waals surface area (Å²) in [5.41, 5.74) is 1.27. The van der Waals surface area contributed by atoms with E-state index in [1.165, 1.54) is 0 Å². The summed E-state index contributed by atoms with van der Waals surface area (Å²) < 4.78 is 1.54. The van der Waals surface area contributed by atoms with Crippen LogP contribution in [-0.2, 0) is 13.5 Å². The summed E-state index contributed by atoms with van der Waals surface area (Å²) >= 11 is 0. The molecule has 2 atom stereocenters. The Morgan fingerprint density at radius 3 is 2.92 bits per heavy atom. The Balaban J connectivity index is 1.71. The zero-order valence-corrected chi connectivity index (χ0v) is 14.1. The molecule has 2 aromatic rings. The lowest BCUT2D eigenvalue weighted by Gasteiger charge is -2.32. The van der Waals surface area contributed by atoms with Crippen LogP contribution in [0.3, 0.4) is 0 Å². The van der Waals surface area contributed by atoms with Gasteiger partial charge in [-0.05, 0) is 37.8 Å². The van der Waals surface area contributed by atoms with E-state index < -0.39 is 0 Å². The number of hydrogen-bond acceptors (Lipinski definition) is 4. The van der Waals surface area contributed by atoms with Crippen molar-refractivity contribution in [3.05, 3.63) is 45.9 Å². The largest absolute Gasteiger partial charge is 0.349 e. The Morgan fingerprint density at radius 2 is 2.21 bits per heavy atom. The Morgan fingerprint density at radius 1 is 1.42 bits per heavy atom. The van der Waals surface area contributed by atoms with E-state index >= 15 is 0 Å². The quantitative estimate of drug-likeness (QED) is 0.885. The fourth-order valence-corrected chi connectivity index (χ4v) is 3.38. The lowest BCUT2D eigenvalue weighted by atomic mass is 9.82. The summed E-state index contributed by atoms with van der Waals surface area (Å²) in [6.45, 7) is 1.87. The number of aryl methyl sites for hydroxylation is 1. The average Bonchev–Trinajstić information content (AvgIpc) is 2.88. The number of carbonyl (C=O) groups excluding carboxylic acids is 1. The summed E-state index contributed by atoms with van der Waals surface area (Å²) in [4.78, 5) is 28.2. The van der Waals surface area contributed by atoms with Crippen LogP contribution in [-0.4, -0.2) is 31.7 Å². The molecule has 2 aromatic heterocycles. The van der Waals surface area contributed by atoms with Gasteiger partial charge in [0.25, 0.3) is 5.91 Å². The second-order valence-electron chi connectivity index (χ2n) is 6.52. The Kier molecular flexibility index (Phi) is 4.78. The second kappa shape index (κ2) is 6.98. The van der Waals surface area contributed by atoms with Crippen molar-refractivity contribution in [1.82, 2.24) is 25.1 Å². The monoisotopic (exact) mass is 329 g/mol. The summed E-state index contributed by atoms with van der Waals surface area (Å²) in [5.74, 6) is 0.971. The van der Waals surface area contributed by atoms with Crippen molar-refractivity contribution in [1.29, 1.82) is 0 Å². The summed E-state index contributed by atoms with van der Waals surface area (Å²) in [6, 6.07) is 3.63. The normalized spacial score (nSPS) is 20.8. The third-order valence-electron chi connectivity index (χ3n) is 4.80. The SMILES string of the molecule is Cc1cc(C(=O)N[C@@H]2CCCC[C@@H]2Cc2n[nH]c(=O)n2C)ccn1. The van der Waals surface area contributed by atoms with Gasteiger partial charge in [0.1, 0.15) is 5.82 Å². The molecule has 0 bridgehead atoms. The molecule has 7 nitrogen and oxygen atoms in total. The van der Waals surface area contributed by atoms with Crippen molar-refractivity contribution < 1.29 is 4.79 Å². The molecular weight excluding hydrogens is 306 g/mol. The molecule has 0 aromatic carbocycles. The lowest BCUT2D eigenvalue weighted by molar-refractivity contribution is 0.0904. The molecule has 3 rings (SSSR count). The van der Waals surface area contributed by atoms with Gasteiger partial charge in [-0.2, -0.15) is 5.10 Å². The summed E-state index contributed by atoms with van der Waals surface area (Å²) in [5, 5.41) is 9.74. The molecule has 1 aliphatic carbocycles. The van der Waals surface area contributed by atoms with Crippen LogP contribution < -0.4 is 11.0 Å². The first-order valence-corrected chi connectivity index (χ1v) is 8.38. The fourth-order valence-electron chi connectivity index (χ4n) is 3.38. The molecule has 0 unspecified atom stereocenters. The molecule has 24 heavy (non-hydrogen) atoms. The Bertz CT molecular complexity index is 779. The van der Waals surface area contributed by atoms with Crippen LogP contribution in [0.25, 0.3) is 0 Å². The third kappa shape index (κ3) is 3.55. The zero-order valence-electron chi connectivity index (χ0n) is 14.1. The van der Waals surface area contributed by atoms with E-state index in [0.717, 1.165) is 37.2 Å². The minimum atomic E-state index is -0.200. The van der Waals surface area contributed by atoms with Crippen LogP contribution in [0, 0.1) is 12.8 Å². The number of amides is 1. The van der Waals surface area contributed by atoms with Crippen molar-refractivity contribution >= 4 is 5.91 Å². The third-order valence-corrected chi connectivity index (χ3v) is 4.80. The lowest BCUT2D eigenvalue weighted by Crippen LogP contribution is -2.43. The van der Waals surface area contributed by atoms with Crippen molar-refractivity contribution in [3.63, 3.8) is 0 Å². The van der Waals surface area contributed by atoms with Gasteiger partial charge in [0.15, 0.2) is 0 Å². The highest BCUT2D eigenvalue weighted by Gasteiger charge is 2.28. The van der Waals surface area contributed by atoms with Crippen LogP contribution >= 0.6 is 0 Å². The number of nitrogens with one attached hydrogen (secondary N) is 2. The molecule has 7 heteroatoms. The summed E-state index contributed by atoms with van der Waals surface area (Å²) in [6.07, 6.45) is 6.58. The first-order chi connectivity index (χ1) is 11.5. The molecule has 0 radical (unpaired) electrons. The first kappa shape index (κ1) is 16.4. The highest BCUT2D eigenvalue weighted by Crippen LogP contribution is 2.27. The highest BCUT2D eigenvalue weighted by atomic mass is 16.2. The summed E-state index contributed by atoms with van der Waals surface area (Å²) in [7, 11) is 1.72. The number of H-pyrrole nitrogens is 1. The van der Waals surface area contributed by atoms with E-state index in [0.29, 0.717) is 17.9 Å². The van der Waals surface area contributed by atoms with E-state index in [4.69, 9.17) is 0 Å². The molecule has 1 fully saturated rings. The molecule has 0 saturated heterocycles. The number of aromatic amines is 1. The van der Waals surface area contributed by atoms with E-state index in [-0.39, 0.29) is 17.6 Å². The molecule has 2 heterocycles. The molecule has 0 spiro atoms. The number of nitrogens with zero attached hydrogens (tertiary/aromatic N) is 3. The van der Waals surface area contributed by atoms with Gasteiger partial charge >= 0.3 is 5.69 Å². The molecular formula is C17H23N5O2. The van der Waals surface area contributed by atoms with Gasteiger partial charge in [-0.3, -0.25) is 14.3 Å². The Labute approximate surface area is 140 Å². The molecule has 1 aliphatic rings. The van der Waals surface area contributed by atoms with Crippen molar-refractivity contribution in [2.75, 3.05) is 0 Å². The van der Waals surface area contributed by atoms with Gasteiger partial charge in [0.05, 0.1) is 0 Å². The molecule has 0 aliphatic heterocycles. The van der Waals surface area contributed by atoms with Gasteiger partial charge in [-0.1, -0.05) is 12.8 Å². The maximum absolute atomic E-state index is 12.5. The topological polar surface area (TPSA) is 92.7 Å². The molecule has 2 N–H and O–H groups in total. The second-order valence-corrected chi connectivity index (χ2v) is 6.52. The average molecular weight is 329 g/mol. The fraction of sp³-hybridized carbons (Fsp3) is 0.529. The standard InChI is InChI=1S/C17H23N5O2/c1-11-9-13(7-8-18-11)16(23)19-14-6-4-3-5-12(14)10-15-20-21-17(24)22(15)2/h7-9,12,14H,3-6,10H2,1-2H3,(H,19,23)(H,21,24)/t12-,14-/m1/s1. The molecule has 1 saturated carbocycles. The maximum Gasteiger partial charge on any atom is 0.343 e. The number of carbonyl (C=O) groups is 1. The number of rotatable bonds is 4. The van der Waals surface area contributed by atoms with Gasteiger partial charge in [-0.15, -0.1) is 0 Å². The van der Waals surface area contributed by atoms with E-state index in [2.05, 4.69) is 20.5 Å². The van der Waals surface area contributed by atoms with Gasteiger partial charge in [-0.25, -0.2) is 9.89 Å². The highest BCUT2D eigenvalue weighted by molar-refractivity contribution is 5.94. The van der Waals surface area contributed by atoms with Gasteiger partial charge in [0.2, 0.25) is 0 Å².